The van der Waals surface area contributed by atoms with E-state index in [1.807, 2.05) is 25.1 Å². The molecular formula is C14H18ClN3O2. The molecule has 108 valence electrons. The highest BCUT2D eigenvalue weighted by molar-refractivity contribution is 5.93. The number of anilines is 1. The molecule has 1 heterocycles. The van der Waals surface area contributed by atoms with E-state index in [9.17, 15) is 4.79 Å². The van der Waals surface area contributed by atoms with Gasteiger partial charge in [0, 0.05) is 23.7 Å². The molecule has 0 aliphatic heterocycles. The molecule has 1 atom stereocenters. The SMILES string of the molecule is Cc1ccc(NC(=O)C(C)CN)cc1-c1ncco1.Cl. The highest BCUT2D eigenvalue weighted by atomic mass is 35.5. The lowest BCUT2D eigenvalue weighted by molar-refractivity contribution is -0.119. The molecule has 5 nitrogen and oxygen atoms in total. The van der Waals surface area contributed by atoms with Gasteiger partial charge in [0.1, 0.15) is 6.26 Å². The molecule has 0 spiro atoms. The second kappa shape index (κ2) is 7.07. The van der Waals surface area contributed by atoms with Crippen LogP contribution in [-0.4, -0.2) is 17.4 Å². The van der Waals surface area contributed by atoms with Crippen molar-refractivity contribution >= 4 is 24.0 Å². The van der Waals surface area contributed by atoms with Crippen LogP contribution in [0, 0.1) is 12.8 Å². The fraction of sp³-hybridized carbons (Fsp3) is 0.286. The number of aromatic nitrogens is 1. The zero-order valence-electron chi connectivity index (χ0n) is 11.4. The summed E-state index contributed by atoms with van der Waals surface area (Å²) >= 11 is 0. The lowest BCUT2D eigenvalue weighted by atomic mass is 10.1. The standard InChI is InChI=1S/C14H17N3O2.ClH/c1-9-3-4-11(17-13(18)10(2)8-15)7-12(9)14-16-5-6-19-14;/h3-7,10H,8,15H2,1-2H3,(H,17,18);1H. The summed E-state index contributed by atoms with van der Waals surface area (Å²) in [6.07, 6.45) is 3.12. The van der Waals surface area contributed by atoms with Crippen molar-refractivity contribution < 1.29 is 9.21 Å². The van der Waals surface area contributed by atoms with Gasteiger partial charge in [0.2, 0.25) is 11.8 Å². The van der Waals surface area contributed by atoms with Crippen molar-refractivity contribution in [3.63, 3.8) is 0 Å². The minimum absolute atomic E-state index is 0. The Morgan fingerprint density at radius 3 is 2.85 bits per heavy atom. The van der Waals surface area contributed by atoms with Crippen molar-refractivity contribution in [3.05, 3.63) is 36.2 Å². The predicted octanol–water partition coefficient (Wildman–Crippen LogP) is 2.61. The van der Waals surface area contributed by atoms with Crippen LogP contribution >= 0.6 is 12.4 Å². The Morgan fingerprint density at radius 1 is 1.50 bits per heavy atom. The number of hydrogen-bond donors (Lipinski definition) is 2. The van der Waals surface area contributed by atoms with Crippen LogP contribution < -0.4 is 11.1 Å². The van der Waals surface area contributed by atoms with E-state index in [1.54, 1.807) is 13.1 Å². The Kier molecular flexibility index (Phi) is 5.73. The van der Waals surface area contributed by atoms with Crippen molar-refractivity contribution in [2.45, 2.75) is 13.8 Å². The smallest absolute Gasteiger partial charge is 0.228 e. The van der Waals surface area contributed by atoms with Crippen molar-refractivity contribution in [1.82, 2.24) is 4.98 Å². The molecule has 3 N–H and O–H groups in total. The quantitative estimate of drug-likeness (QED) is 0.908. The molecule has 0 radical (unpaired) electrons. The number of carbonyl (C=O) groups excluding carboxylic acids is 1. The number of rotatable bonds is 4. The second-order valence-corrected chi connectivity index (χ2v) is 4.49. The number of oxazole rings is 1. The fourth-order valence-electron chi connectivity index (χ4n) is 1.66. The first-order valence-corrected chi connectivity index (χ1v) is 6.13. The number of halogens is 1. The Bertz CT molecular complexity index is 570. The van der Waals surface area contributed by atoms with Crippen molar-refractivity contribution in [3.8, 4) is 11.5 Å². The van der Waals surface area contributed by atoms with Gasteiger partial charge in [-0.3, -0.25) is 4.79 Å². The molecule has 0 aliphatic carbocycles. The third kappa shape index (κ3) is 3.59. The summed E-state index contributed by atoms with van der Waals surface area (Å²) in [5.74, 6) is 0.233. The lowest BCUT2D eigenvalue weighted by Crippen LogP contribution is -2.26. The van der Waals surface area contributed by atoms with E-state index in [0.717, 1.165) is 11.1 Å². The molecule has 6 heteroatoms. The second-order valence-electron chi connectivity index (χ2n) is 4.49. The summed E-state index contributed by atoms with van der Waals surface area (Å²) in [5.41, 5.74) is 8.08. The summed E-state index contributed by atoms with van der Waals surface area (Å²) in [5, 5.41) is 2.83. The van der Waals surface area contributed by atoms with Gasteiger partial charge in [0.05, 0.1) is 6.20 Å². The molecule has 0 aliphatic rings. The molecule has 20 heavy (non-hydrogen) atoms. The molecule has 1 aromatic carbocycles. The predicted molar refractivity (Wildman–Crippen MR) is 80.8 cm³/mol. The summed E-state index contributed by atoms with van der Waals surface area (Å²) in [4.78, 5) is 15.9. The van der Waals surface area contributed by atoms with Crippen molar-refractivity contribution in [2.75, 3.05) is 11.9 Å². The number of nitrogens with two attached hydrogens (primary N) is 1. The van der Waals surface area contributed by atoms with Gasteiger partial charge in [-0.1, -0.05) is 13.0 Å². The highest BCUT2D eigenvalue weighted by Gasteiger charge is 2.13. The summed E-state index contributed by atoms with van der Waals surface area (Å²) in [6, 6.07) is 5.62. The molecule has 0 fully saturated rings. The van der Waals surface area contributed by atoms with Gasteiger partial charge in [-0.05, 0) is 24.6 Å². The van der Waals surface area contributed by atoms with Gasteiger partial charge in [-0.2, -0.15) is 0 Å². The maximum atomic E-state index is 11.8. The summed E-state index contributed by atoms with van der Waals surface area (Å²) in [7, 11) is 0. The molecule has 0 saturated carbocycles. The number of nitrogens with one attached hydrogen (secondary N) is 1. The zero-order valence-corrected chi connectivity index (χ0v) is 12.2. The number of benzene rings is 1. The van der Waals surface area contributed by atoms with E-state index in [-0.39, 0.29) is 24.2 Å². The Labute approximate surface area is 124 Å². The molecular weight excluding hydrogens is 278 g/mol. The molecule has 1 aromatic heterocycles. The van der Waals surface area contributed by atoms with Gasteiger partial charge >= 0.3 is 0 Å². The summed E-state index contributed by atoms with van der Waals surface area (Å²) < 4.78 is 5.29. The van der Waals surface area contributed by atoms with Crippen LogP contribution in [0.25, 0.3) is 11.5 Å². The number of amides is 1. The Balaban J connectivity index is 0.00000200. The monoisotopic (exact) mass is 295 g/mol. The highest BCUT2D eigenvalue weighted by Crippen LogP contribution is 2.25. The van der Waals surface area contributed by atoms with Gasteiger partial charge in [-0.25, -0.2) is 4.98 Å². The normalized spacial score (nSPS) is 11.6. The van der Waals surface area contributed by atoms with E-state index in [1.165, 1.54) is 6.26 Å². The number of aryl methyl sites for hydroxylation is 1. The van der Waals surface area contributed by atoms with E-state index in [2.05, 4.69) is 10.3 Å². The van der Waals surface area contributed by atoms with Crippen LogP contribution in [0.1, 0.15) is 12.5 Å². The first-order chi connectivity index (χ1) is 9.11. The van der Waals surface area contributed by atoms with E-state index in [0.29, 0.717) is 18.1 Å². The van der Waals surface area contributed by atoms with Gasteiger partial charge in [0.15, 0.2) is 0 Å². The molecule has 0 saturated heterocycles. The van der Waals surface area contributed by atoms with Crippen LogP contribution in [0.2, 0.25) is 0 Å². The third-order valence-corrected chi connectivity index (χ3v) is 2.97. The van der Waals surface area contributed by atoms with E-state index in [4.69, 9.17) is 10.2 Å². The first kappa shape index (κ1) is 16.2. The molecule has 2 aromatic rings. The number of nitrogens with zero attached hydrogens (tertiary/aromatic N) is 1. The van der Waals surface area contributed by atoms with Crippen molar-refractivity contribution in [2.24, 2.45) is 11.7 Å². The van der Waals surface area contributed by atoms with Crippen LogP contribution in [0.4, 0.5) is 5.69 Å². The average molecular weight is 296 g/mol. The van der Waals surface area contributed by atoms with Gasteiger partial charge < -0.3 is 15.5 Å². The molecule has 2 rings (SSSR count). The van der Waals surface area contributed by atoms with E-state index >= 15 is 0 Å². The van der Waals surface area contributed by atoms with Crippen molar-refractivity contribution in [1.29, 1.82) is 0 Å². The van der Waals surface area contributed by atoms with Gasteiger partial charge in [0.25, 0.3) is 0 Å². The number of hydrogen-bond acceptors (Lipinski definition) is 4. The molecule has 1 amide bonds. The van der Waals surface area contributed by atoms with Crippen LogP contribution in [-0.2, 0) is 4.79 Å². The number of carbonyl (C=O) groups is 1. The van der Waals surface area contributed by atoms with Crippen LogP contribution in [0.3, 0.4) is 0 Å². The zero-order chi connectivity index (χ0) is 13.8. The topological polar surface area (TPSA) is 81.2 Å². The molecule has 0 bridgehead atoms. The Morgan fingerprint density at radius 2 is 2.25 bits per heavy atom. The molecule has 1 unspecified atom stereocenters. The Hall–Kier alpha value is -1.85. The maximum absolute atomic E-state index is 11.8. The van der Waals surface area contributed by atoms with Crippen LogP contribution in [0.5, 0.6) is 0 Å². The van der Waals surface area contributed by atoms with Crippen LogP contribution in [0.15, 0.2) is 35.1 Å². The fourth-order valence-corrected chi connectivity index (χ4v) is 1.66. The maximum Gasteiger partial charge on any atom is 0.228 e. The first-order valence-electron chi connectivity index (χ1n) is 6.13. The average Bonchev–Trinajstić information content (AvgIpc) is 2.93. The van der Waals surface area contributed by atoms with Gasteiger partial charge in [-0.15, -0.1) is 12.4 Å². The minimum atomic E-state index is -0.216. The minimum Gasteiger partial charge on any atom is -0.445 e. The largest absolute Gasteiger partial charge is 0.445 e. The van der Waals surface area contributed by atoms with E-state index < -0.39 is 0 Å². The summed E-state index contributed by atoms with van der Waals surface area (Å²) in [6.45, 7) is 4.08. The third-order valence-electron chi connectivity index (χ3n) is 2.97. The lowest BCUT2D eigenvalue weighted by Gasteiger charge is -2.11.